The molecule has 0 aliphatic heterocycles. The smallest absolute Gasteiger partial charge is 0.0498 e. The first kappa shape index (κ1) is 15.8. The summed E-state index contributed by atoms with van der Waals surface area (Å²) in [5, 5.41) is 12.6. The van der Waals surface area contributed by atoms with E-state index in [2.05, 4.69) is 44.7 Å². The minimum absolute atomic E-state index is 0.0484. The quantitative estimate of drug-likeness (QED) is 0.307. The Bertz CT molecular complexity index is 522. The maximum Gasteiger partial charge on any atom is 0.0498 e. The highest BCUT2D eigenvalue weighted by Crippen LogP contribution is 2.63. The van der Waals surface area contributed by atoms with Crippen molar-refractivity contribution >= 4 is 6.21 Å². The second kappa shape index (κ2) is 5.25. The Hall–Kier alpha value is -1.05. The Morgan fingerprint density at radius 1 is 1.27 bits per heavy atom. The van der Waals surface area contributed by atoms with E-state index in [1.165, 1.54) is 32.1 Å². The van der Waals surface area contributed by atoms with Gasteiger partial charge >= 0.3 is 0 Å². The first-order valence-corrected chi connectivity index (χ1v) is 8.90. The van der Waals surface area contributed by atoms with Gasteiger partial charge in [0.2, 0.25) is 0 Å². The fourth-order valence-corrected chi connectivity index (χ4v) is 5.95. The minimum atomic E-state index is 0.0484. The largest absolute Gasteiger partial charge is 0.411 e. The summed E-state index contributed by atoms with van der Waals surface area (Å²) >= 11 is 0. The zero-order chi connectivity index (χ0) is 16.0. The highest BCUT2D eigenvalue weighted by molar-refractivity contribution is 5.66. The van der Waals surface area contributed by atoms with Crippen LogP contribution in [-0.2, 0) is 0 Å². The molecule has 22 heavy (non-hydrogen) atoms. The molecule has 2 saturated carbocycles. The Morgan fingerprint density at radius 2 is 2.05 bits per heavy atom. The number of hydrogen-bond acceptors (Lipinski definition) is 2. The van der Waals surface area contributed by atoms with E-state index in [0.29, 0.717) is 11.3 Å². The first-order chi connectivity index (χ1) is 10.4. The van der Waals surface area contributed by atoms with Crippen molar-refractivity contribution < 1.29 is 5.21 Å². The molecule has 1 N–H and O–H groups in total. The summed E-state index contributed by atoms with van der Waals surface area (Å²) in [6.07, 6.45) is 15.1. The van der Waals surface area contributed by atoms with Crippen LogP contribution in [0.3, 0.4) is 0 Å². The van der Waals surface area contributed by atoms with Crippen molar-refractivity contribution in [2.45, 2.75) is 65.7 Å². The van der Waals surface area contributed by atoms with Gasteiger partial charge in [-0.2, -0.15) is 0 Å². The van der Waals surface area contributed by atoms with E-state index >= 15 is 0 Å². The van der Waals surface area contributed by atoms with Crippen LogP contribution in [0.25, 0.3) is 0 Å². The topological polar surface area (TPSA) is 32.6 Å². The Kier molecular flexibility index (Phi) is 3.78. The van der Waals surface area contributed by atoms with Crippen LogP contribution < -0.4 is 0 Å². The maximum absolute atomic E-state index is 9.13. The molecule has 0 saturated heterocycles. The van der Waals surface area contributed by atoms with Gasteiger partial charge in [0.1, 0.15) is 0 Å². The lowest BCUT2D eigenvalue weighted by Crippen LogP contribution is -2.50. The molecule has 0 spiro atoms. The van der Waals surface area contributed by atoms with Gasteiger partial charge in [-0.15, -0.1) is 11.7 Å². The number of rotatable bonds is 2. The Balaban J connectivity index is 1.97. The molecule has 0 aromatic carbocycles. The Morgan fingerprint density at radius 3 is 2.73 bits per heavy atom. The lowest BCUT2D eigenvalue weighted by Gasteiger charge is -2.58. The third kappa shape index (κ3) is 2.26. The molecule has 5 atom stereocenters. The molecule has 122 valence electrons. The van der Waals surface area contributed by atoms with Crippen molar-refractivity contribution in [1.29, 1.82) is 0 Å². The van der Waals surface area contributed by atoms with Gasteiger partial charge in [-0.3, -0.25) is 0 Å². The van der Waals surface area contributed by atoms with Crippen LogP contribution in [-0.4, -0.2) is 11.4 Å². The molecule has 3 aliphatic carbocycles. The molecule has 2 heteroatoms. The van der Waals surface area contributed by atoms with Gasteiger partial charge in [0.05, 0.1) is 0 Å². The number of fused-ring (bicyclic) bond motifs is 3. The van der Waals surface area contributed by atoms with Crippen molar-refractivity contribution in [2.24, 2.45) is 33.2 Å². The highest BCUT2D eigenvalue weighted by atomic mass is 16.4. The molecule has 2 fully saturated rings. The average Bonchev–Trinajstić information content (AvgIpc) is 2.47. The molecule has 3 rings (SSSR count). The predicted molar refractivity (Wildman–Crippen MR) is 92.2 cm³/mol. The van der Waals surface area contributed by atoms with Crippen LogP contribution in [0.5, 0.6) is 0 Å². The summed E-state index contributed by atoms with van der Waals surface area (Å²) < 4.78 is 0. The third-order valence-corrected chi connectivity index (χ3v) is 7.23. The van der Waals surface area contributed by atoms with Gasteiger partial charge in [-0.25, -0.2) is 0 Å². The van der Waals surface area contributed by atoms with Crippen LogP contribution in [0.1, 0.15) is 65.7 Å². The molecular weight excluding hydrogens is 270 g/mol. The standard InChI is InChI=1S/C20H31NO/c1-5-18(2)12-9-16-15(13-18)7-8-17-19(3,14-21-22)10-6-11-20(16,17)4/h5,9,14-15,17,22H,1,6-8,10-13H2,2-4H3/b21-14+/t15?,17?,18-,19-,20-/m0/s1. The van der Waals surface area contributed by atoms with Gasteiger partial charge in [0.15, 0.2) is 0 Å². The van der Waals surface area contributed by atoms with E-state index < -0.39 is 0 Å². The van der Waals surface area contributed by atoms with E-state index in [-0.39, 0.29) is 10.8 Å². The van der Waals surface area contributed by atoms with Gasteiger partial charge in [0, 0.05) is 11.6 Å². The van der Waals surface area contributed by atoms with Crippen LogP contribution in [0.4, 0.5) is 0 Å². The second-order valence-corrected chi connectivity index (χ2v) is 8.77. The van der Waals surface area contributed by atoms with Gasteiger partial charge in [-0.1, -0.05) is 44.9 Å². The fraction of sp³-hybridized carbons (Fsp3) is 0.750. The SMILES string of the molecule is C=C[C@@]1(C)CC=C2C(CCC3[C@@]2(C)CCC[C@@]3(C)/C=N/O)C1. The van der Waals surface area contributed by atoms with Crippen LogP contribution in [0, 0.1) is 28.1 Å². The molecule has 0 bridgehead atoms. The molecule has 0 aromatic rings. The van der Waals surface area contributed by atoms with E-state index in [4.69, 9.17) is 5.21 Å². The third-order valence-electron chi connectivity index (χ3n) is 7.23. The monoisotopic (exact) mass is 301 g/mol. The van der Waals surface area contributed by atoms with E-state index in [1.807, 2.05) is 6.21 Å². The first-order valence-electron chi connectivity index (χ1n) is 8.90. The van der Waals surface area contributed by atoms with Crippen molar-refractivity contribution in [2.75, 3.05) is 0 Å². The number of allylic oxidation sites excluding steroid dienone is 3. The lowest BCUT2D eigenvalue weighted by atomic mass is 9.46. The fourth-order valence-electron chi connectivity index (χ4n) is 5.95. The molecule has 0 aromatic heterocycles. The average molecular weight is 301 g/mol. The summed E-state index contributed by atoms with van der Waals surface area (Å²) in [5.74, 6) is 1.34. The molecule has 2 unspecified atom stereocenters. The van der Waals surface area contributed by atoms with E-state index in [9.17, 15) is 0 Å². The molecular formula is C20H31NO. The van der Waals surface area contributed by atoms with E-state index in [0.717, 1.165) is 18.8 Å². The minimum Gasteiger partial charge on any atom is -0.411 e. The van der Waals surface area contributed by atoms with Crippen molar-refractivity contribution in [1.82, 2.24) is 0 Å². The molecule has 0 heterocycles. The zero-order valence-electron chi connectivity index (χ0n) is 14.4. The van der Waals surface area contributed by atoms with Crippen molar-refractivity contribution in [3.63, 3.8) is 0 Å². The van der Waals surface area contributed by atoms with Crippen LogP contribution in [0.15, 0.2) is 29.5 Å². The highest BCUT2D eigenvalue weighted by Gasteiger charge is 2.54. The summed E-state index contributed by atoms with van der Waals surface area (Å²) in [6, 6.07) is 0. The summed E-state index contributed by atoms with van der Waals surface area (Å²) in [4.78, 5) is 0. The van der Waals surface area contributed by atoms with Gasteiger partial charge in [0.25, 0.3) is 0 Å². The van der Waals surface area contributed by atoms with E-state index in [1.54, 1.807) is 5.57 Å². The molecule has 0 amide bonds. The van der Waals surface area contributed by atoms with Gasteiger partial charge < -0.3 is 5.21 Å². The number of nitrogens with zero attached hydrogens (tertiary/aromatic N) is 1. The number of oxime groups is 1. The molecule has 2 nitrogen and oxygen atoms in total. The second-order valence-electron chi connectivity index (χ2n) is 8.77. The Labute approximate surface area is 135 Å². The summed E-state index contributed by atoms with van der Waals surface area (Å²) in [5.41, 5.74) is 2.33. The van der Waals surface area contributed by atoms with Gasteiger partial charge in [-0.05, 0) is 61.2 Å². The molecule has 3 aliphatic rings. The predicted octanol–water partition coefficient (Wildman–Crippen LogP) is 5.58. The van der Waals surface area contributed by atoms with Crippen molar-refractivity contribution in [3.8, 4) is 0 Å². The summed E-state index contributed by atoms with van der Waals surface area (Å²) in [7, 11) is 0. The van der Waals surface area contributed by atoms with Crippen LogP contribution >= 0.6 is 0 Å². The lowest BCUT2D eigenvalue weighted by molar-refractivity contribution is 0.0129. The normalized spacial score (nSPS) is 48.4. The summed E-state index contributed by atoms with van der Waals surface area (Å²) in [6.45, 7) is 11.2. The van der Waals surface area contributed by atoms with Crippen LogP contribution in [0.2, 0.25) is 0 Å². The zero-order valence-corrected chi connectivity index (χ0v) is 14.4. The van der Waals surface area contributed by atoms with Crippen molar-refractivity contribution in [3.05, 3.63) is 24.3 Å². The maximum atomic E-state index is 9.13. The number of hydrogen-bond donors (Lipinski definition) is 1. The molecule has 0 radical (unpaired) electrons.